The highest BCUT2D eigenvalue weighted by atomic mass is 35.5. The molecule has 0 N–H and O–H groups in total. The summed E-state index contributed by atoms with van der Waals surface area (Å²) in [6.07, 6.45) is -1.55. The first-order valence-electron chi connectivity index (χ1n) is 6.50. The van der Waals surface area contributed by atoms with Gasteiger partial charge in [0, 0.05) is 5.02 Å². The summed E-state index contributed by atoms with van der Waals surface area (Å²) in [5.41, 5.74) is 0.121. The van der Waals surface area contributed by atoms with Crippen molar-refractivity contribution in [2.75, 3.05) is 0 Å². The zero-order valence-corrected chi connectivity index (χ0v) is 12.4. The highest BCUT2D eigenvalue weighted by Crippen LogP contribution is 2.43. The number of hydrogen-bond donors (Lipinski definition) is 0. The van der Waals surface area contributed by atoms with Crippen molar-refractivity contribution < 1.29 is 21.6 Å². The molecular weight excluding hydrogens is 325 g/mol. The Labute approximate surface area is 125 Å². The maximum Gasteiger partial charge on any atom is 0.416 e. The lowest BCUT2D eigenvalue weighted by Crippen LogP contribution is -2.26. The molecule has 0 saturated carbocycles. The second kappa shape index (κ2) is 4.74. The molecule has 1 saturated heterocycles. The molecule has 0 aliphatic carbocycles. The summed E-state index contributed by atoms with van der Waals surface area (Å²) in [6.45, 7) is 0. The fourth-order valence-electron chi connectivity index (χ4n) is 3.01. The molecule has 114 valence electrons. The van der Waals surface area contributed by atoms with Gasteiger partial charge < -0.3 is 0 Å². The van der Waals surface area contributed by atoms with E-state index in [-0.39, 0.29) is 11.4 Å². The lowest BCUT2D eigenvalue weighted by Gasteiger charge is -2.22. The SMILES string of the molecule is O=S1(=O)C2C=C(c3cc(C(F)(F)F)ccc3Cl)CC1CC2. The maximum absolute atomic E-state index is 12.8. The van der Waals surface area contributed by atoms with E-state index in [1.807, 2.05) is 0 Å². The summed E-state index contributed by atoms with van der Waals surface area (Å²) in [5.74, 6) is 0. The van der Waals surface area contributed by atoms with Crippen LogP contribution in [0.25, 0.3) is 5.57 Å². The molecule has 0 spiro atoms. The molecule has 2 unspecified atom stereocenters. The summed E-state index contributed by atoms with van der Waals surface area (Å²) >= 11 is 6.01. The van der Waals surface area contributed by atoms with Crippen LogP contribution in [0.15, 0.2) is 24.3 Å². The number of allylic oxidation sites excluding steroid dienone is 1. The van der Waals surface area contributed by atoms with Crippen molar-refractivity contribution in [2.45, 2.75) is 35.9 Å². The van der Waals surface area contributed by atoms with Crippen LogP contribution in [-0.2, 0) is 16.0 Å². The molecule has 1 aromatic carbocycles. The van der Waals surface area contributed by atoms with Crippen LogP contribution in [0.2, 0.25) is 5.02 Å². The van der Waals surface area contributed by atoms with Gasteiger partial charge in [0.2, 0.25) is 0 Å². The monoisotopic (exact) mass is 336 g/mol. The van der Waals surface area contributed by atoms with Crippen LogP contribution < -0.4 is 0 Å². The number of hydrogen-bond acceptors (Lipinski definition) is 2. The van der Waals surface area contributed by atoms with E-state index in [2.05, 4.69) is 0 Å². The Morgan fingerprint density at radius 1 is 1.19 bits per heavy atom. The first-order valence-corrected chi connectivity index (χ1v) is 8.49. The molecule has 7 heteroatoms. The Bertz CT molecular complexity index is 722. The highest BCUT2D eigenvalue weighted by molar-refractivity contribution is 7.93. The summed E-state index contributed by atoms with van der Waals surface area (Å²) in [6, 6.07) is 3.15. The van der Waals surface area contributed by atoms with Crippen LogP contribution in [0.1, 0.15) is 30.4 Å². The van der Waals surface area contributed by atoms with Gasteiger partial charge in [0.15, 0.2) is 9.84 Å². The Kier molecular flexibility index (Phi) is 3.37. The molecule has 1 fully saturated rings. The largest absolute Gasteiger partial charge is 0.416 e. The maximum atomic E-state index is 12.8. The van der Waals surface area contributed by atoms with Crippen molar-refractivity contribution in [3.05, 3.63) is 40.4 Å². The quantitative estimate of drug-likeness (QED) is 0.774. The molecule has 2 aliphatic heterocycles. The molecule has 0 aromatic heterocycles. The summed E-state index contributed by atoms with van der Waals surface area (Å²) in [4.78, 5) is 0. The molecule has 3 rings (SSSR count). The van der Waals surface area contributed by atoms with Gasteiger partial charge in [-0.15, -0.1) is 0 Å². The van der Waals surface area contributed by atoms with Gasteiger partial charge in [-0.25, -0.2) is 8.42 Å². The topological polar surface area (TPSA) is 34.1 Å². The summed E-state index contributed by atoms with van der Waals surface area (Å²) in [5, 5.41) is -0.863. The molecular formula is C14H12ClF3O2S. The van der Waals surface area contributed by atoms with Gasteiger partial charge in [0.05, 0.1) is 16.1 Å². The number of benzene rings is 1. The van der Waals surface area contributed by atoms with Gasteiger partial charge in [-0.2, -0.15) is 13.2 Å². The molecule has 2 bridgehead atoms. The lowest BCUT2D eigenvalue weighted by atomic mass is 9.98. The van der Waals surface area contributed by atoms with E-state index in [4.69, 9.17) is 11.6 Å². The third-order valence-corrected chi connectivity index (χ3v) is 7.01. The van der Waals surface area contributed by atoms with Crippen LogP contribution >= 0.6 is 11.6 Å². The number of fused-ring (bicyclic) bond motifs is 2. The molecule has 0 amide bonds. The minimum atomic E-state index is -4.44. The molecule has 1 aromatic rings. The van der Waals surface area contributed by atoms with Gasteiger partial charge in [0.1, 0.15) is 0 Å². The van der Waals surface area contributed by atoms with Gasteiger partial charge in [-0.05, 0) is 48.6 Å². The Morgan fingerprint density at radius 2 is 1.90 bits per heavy atom. The van der Waals surface area contributed by atoms with Gasteiger partial charge in [0.25, 0.3) is 0 Å². The van der Waals surface area contributed by atoms with E-state index < -0.39 is 32.1 Å². The summed E-state index contributed by atoms with van der Waals surface area (Å²) in [7, 11) is -3.16. The van der Waals surface area contributed by atoms with Crippen LogP contribution in [0, 0.1) is 0 Å². The van der Waals surface area contributed by atoms with Crippen LogP contribution in [-0.4, -0.2) is 18.9 Å². The Morgan fingerprint density at radius 3 is 2.52 bits per heavy atom. The molecule has 2 aliphatic rings. The van der Waals surface area contributed by atoms with Crippen LogP contribution in [0.4, 0.5) is 13.2 Å². The van der Waals surface area contributed by atoms with Gasteiger partial charge in [-0.1, -0.05) is 17.7 Å². The summed E-state index contributed by atoms with van der Waals surface area (Å²) < 4.78 is 62.4. The smallest absolute Gasteiger partial charge is 0.228 e. The fourth-order valence-corrected chi connectivity index (χ4v) is 5.44. The molecule has 2 atom stereocenters. The fraction of sp³-hybridized carbons (Fsp3) is 0.429. The van der Waals surface area contributed by atoms with Gasteiger partial charge in [-0.3, -0.25) is 0 Å². The average Bonchev–Trinajstić information content (AvgIpc) is 2.57. The van der Waals surface area contributed by atoms with E-state index in [0.29, 0.717) is 24.0 Å². The molecule has 2 heterocycles. The lowest BCUT2D eigenvalue weighted by molar-refractivity contribution is -0.137. The second-order valence-electron chi connectivity index (χ2n) is 5.42. The average molecular weight is 337 g/mol. The predicted molar refractivity (Wildman–Crippen MR) is 74.8 cm³/mol. The third-order valence-electron chi connectivity index (χ3n) is 4.13. The minimum Gasteiger partial charge on any atom is -0.228 e. The molecule has 21 heavy (non-hydrogen) atoms. The van der Waals surface area contributed by atoms with E-state index in [9.17, 15) is 21.6 Å². The van der Waals surface area contributed by atoms with Crippen molar-refractivity contribution in [1.29, 1.82) is 0 Å². The number of rotatable bonds is 1. The highest BCUT2D eigenvalue weighted by Gasteiger charge is 2.43. The molecule has 2 nitrogen and oxygen atoms in total. The number of alkyl halides is 3. The van der Waals surface area contributed by atoms with E-state index in [0.717, 1.165) is 12.1 Å². The van der Waals surface area contributed by atoms with Crippen molar-refractivity contribution >= 4 is 27.0 Å². The van der Waals surface area contributed by atoms with Crippen molar-refractivity contribution in [3.63, 3.8) is 0 Å². The van der Waals surface area contributed by atoms with Crippen LogP contribution in [0.5, 0.6) is 0 Å². The Hall–Kier alpha value is -1.01. The van der Waals surface area contributed by atoms with Crippen molar-refractivity contribution in [3.8, 4) is 0 Å². The van der Waals surface area contributed by atoms with Gasteiger partial charge >= 0.3 is 6.18 Å². The zero-order valence-electron chi connectivity index (χ0n) is 10.8. The standard InChI is InChI=1S/C14H12ClF3O2S/c15-13-4-1-9(14(16,17)18)7-12(13)8-5-10-2-3-11(6-8)21(10,19)20/h1,4-5,7,10-11H,2-3,6H2. The van der Waals surface area contributed by atoms with E-state index in [1.165, 1.54) is 6.07 Å². The minimum absolute atomic E-state index is 0.216. The number of halogens is 4. The predicted octanol–water partition coefficient (Wildman–Crippen LogP) is 4.09. The Balaban J connectivity index is 2.06. The first kappa shape index (κ1) is 14.9. The third kappa shape index (κ3) is 2.48. The van der Waals surface area contributed by atoms with Crippen molar-refractivity contribution in [2.24, 2.45) is 0 Å². The second-order valence-corrected chi connectivity index (χ2v) is 8.27. The zero-order chi connectivity index (χ0) is 15.4. The normalized spacial score (nSPS) is 27.5. The van der Waals surface area contributed by atoms with E-state index in [1.54, 1.807) is 6.08 Å². The van der Waals surface area contributed by atoms with E-state index >= 15 is 0 Å². The number of sulfone groups is 1. The molecule has 0 radical (unpaired) electrons. The first-order chi connectivity index (χ1) is 9.69. The van der Waals surface area contributed by atoms with Crippen LogP contribution in [0.3, 0.4) is 0 Å². The van der Waals surface area contributed by atoms with Crippen molar-refractivity contribution in [1.82, 2.24) is 0 Å².